The lowest BCUT2D eigenvalue weighted by molar-refractivity contribution is -0.140. The van der Waals surface area contributed by atoms with E-state index in [2.05, 4.69) is 5.32 Å². The maximum atomic E-state index is 13.3. The van der Waals surface area contributed by atoms with Crippen molar-refractivity contribution in [2.45, 2.75) is 19.9 Å². The maximum Gasteiger partial charge on any atom is 0.326 e. The number of hydrogen-bond acceptors (Lipinski definition) is 2. The minimum Gasteiger partial charge on any atom is -0.480 e. The summed E-state index contributed by atoms with van der Waals surface area (Å²) in [5, 5.41) is 11.0. The number of hydrogen-bond donors (Lipinski definition) is 2. The molecule has 0 aromatic heterocycles. The SMILES string of the molecule is CC(C)[C@H](NC(=O)c1c(F)cccc1F)C(=O)O. The first-order valence-electron chi connectivity index (χ1n) is 5.32. The van der Waals surface area contributed by atoms with Gasteiger partial charge >= 0.3 is 5.97 Å². The summed E-state index contributed by atoms with van der Waals surface area (Å²) in [5.41, 5.74) is -0.774. The largest absolute Gasteiger partial charge is 0.480 e. The van der Waals surface area contributed by atoms with Crippen LogP contribution >= 0.6 is 0 Å². The van der Waals surface area contributed by atoms with Gasteiger partial charge in [0, 0.05) is 0 Å². The predicted octanol–water partition coefficient (Wildman–Crippen LogP) is 1.80. The first-order chi connectivity index (χ1) is 8.34. The van der Waals surface area contributed by atoms with Gasteiger partial charge in [-0.25, -0.2) is 13.6 Å². The average Bonchev–Trinajstić information content (AvgIpc) is 2.24. The lowest BCUT2D eigenvalue weighted by Crippen LogP contribution is -2.44. The van der Waals surface area contributed by atoms with Gasteiger partial charge in [-0.05, 0) is 18.1 Å². The Morgan fingerprint density at radius 2 is 1.72 bits per heavy atom. The summed E-state index contributed by atoms with van der Waals surface area (Å²) in [6.45, 7) is 3.16. The van der Waals surface area contributed by atoms with Gasteiger partial charge in [0.2, 0.25) is 0 Å². The predicted molar refractivity (Wildman–Crippen MR) is 60.1 cm³/mol. The summed E-state index contributed by atoms with van der Waals surface area (Å²) in [5.74, 6) is -4.79. The van der Waals surface area contributed by atoms with Gasteiger partial charge in [-0.1, -0.05) is 19.9 Å². The number of benzene rings is 1. The molecular weight excluding hydrogens is 244 g/mol. The molecular formula is C12H13F2NO3. The smallest absolute Gasteiger partial charge is 0.326 e. The molecule has 98 valence electrons. The molecule has 0 unspecified atom stereocenters. The van der Waals surface area contributed by atoms with E-state index in [0.29, 0.717) is 0 Å². The fraction of sp³-hybridized carbons (Fsp3) is 0.333. The number of amides is 1. The molecule has 0 fully saturated rings. The Balaban J connectivity index is 2.98. The van der Waals surface area contributed by atoms with Crippen molar-refractivity contribution in [3.63, 3.8) is 0 Å². The fourth-order valence-electron chi connectivity index (χ4n) is 1.44. The van der Waals surface area contributed by atoms with Crippen molar-refractivity contribution in [2.24, 2.45) is 5.92 Å². The van der Waals surface area contributed by atoms with E-state index in [-0.39, 0.29) is 0 Å². The molecule has 0 aliphatic rings. The number of halogens is 2. The van der Waals surface area contributed by atoms with Gasteiger partial charge in [0.25, 0.3) is 5.91 Å². The first kappa shape index (κ1) is 14.1. The van der Waals surface area contributed by atoms with Gasteiger partial charge in [-0.2, -0.15) is 0 Å². The number of nitrogens with one attached hydrogen (secondary N) is 1. The van der Waals surface area contributed by atoms with Crippen molar-refractivity contribution in [3.8, 4) is 0 Å². The zero-order valence-electron chi connectivity index (χ0n) is 9.91. The number of carbonyl (C=O) groups excluding carboxylic acids is 1. The lowest BCUT2D eigenvalue weighted by atomic mass is 10.0. The molecule has 1 amide bonds. The Kier molecular flexibility index (Phi) is 4.36. The van der Waals surface area contributed by atoms with Crippen LogP contribution < -0.4 is 5.32 Å². The molecule has 1 atom stereocenters. The second-order valence-corrected chi connectivity index (χ2v) is 4.13. The molecule has 4 nitrogen and oxygen atoms in total. The van der Waals surface area contributed by atoms with Crippen LogP contribution in [0.4, 0.5) is 8.78 Å². The van der Waals surface area contributed by atoms with Crippen LogP contribution in [0.1, 0.15) is 24.2 Å². The summed E-state index contributed by atoms with van der Waals surface area (Å²) < 4.78 is 26.6. The van der Waals surface area contributed by atoms with Crippen LogP contribution in [0.25, 0.3) is 0 Å². The minimum atomic E-state index is -1.25. The third-order valence-corrected chi connectivity index (χ3v) is 2.41. The van der Waals surface area contributed by atoms with Crippen molar-refractivity contribution >= 4 is 11.9 Å². The molecule has 0 bridgehead atoms. The minimum absolute atomic E-state index is 0.402. The topological polar surface area (TPSA) is 66.4 Å². The molecule has 0 aliphatic heterocycles. The molecule has 1 aromatic carbocycles. The summed E-state index contributed by atoms with van der Waals surface area (Å²) in [4.78, 5) is 22.5. The Morgan fingerprint density at radius 1 is 1.22 bits per heavy atom. The Hall–Kier alpha value is -1.98. The van der Waals surface area contributed by atoms with Crippen molar-refractivity contribution < 1.29 is 23.5 Å². The summed E-state index contributed by atoms with van der Waals surface area (Å²) >= 11 is 0. The molecule has 18 heavy (non-hydrogen) atoms. The van der Waals surface area contributed by atoms with E-state index in [1.165, 1.54) is 0 Å². The standard InChI is InChI=1S/C12H13F2NO3/c1-6(2)10(12(17)18)15-11(16)9-7(13)4-3-5-8(9)14/h3-6,10H,1-2H3,(H,15,16)(H,17,18)/t10-/m0/s1. The summed E-state index contributed by atoms with van der Waals surface area (Å²) in [6, 6.07) is 1.79. The molecule has 0 aliphatic carbocycles. The quantitative estimate of drug-likeness (QED) is 0.864. The van der Waals surface area contributed by atoms with E-state index in [9.17, 15) is 18.4 Å². The second-order valence-electron chi connectivity index (χ2n) is 4.13. The average molecular weight is 257 g/mol. The molecule has 1 rings (SSSR count). The van der Waals surface area contributed by atoms with E-state index in [1.54, 1.807) is 13.8 Å². The van der Waals surface area contributed by atoms with E-state index in [1.807, 2.05) is 0 Å². The van der Waals surface area contributed by atoms with Crippen molar-refractivity contribution in [1.29, 1.82) is 0 Å². The van der Waals surface area contributed by atoms with Crippen LogP contribution in [0.2, 0.25) is 0 Å². The van der Waals surface area contributed by atoms with E-state index < -0.39 is 41.0 Å². The van der Waals surface area contributed by atoms with Crippen LogP contribution in [0.3, 0.4) is 0 Å². The van der Waals surface area contributed by atoms with Gasteiger partial charge in [0.05, 0.1) is 0 Å². The monoisotopic (exact) mass is 257 g/mol. The van der Waals surface area contributed by atoms with Gasteiger partial charge < -0.3 is 10.4 Å². The molecule has 0 heterocycles. The van der Waals surface area contributed by atoms with Crippen LogP contribution in [0.5, 0.6) is 0 Å². The fourth-order valence-corrected chi connectivity index (χ4v) is 1.44. The number of carboxylic acids is 1. The zero-order valence-corrected chi connectivity index (χ0v) is 9.91. The van der Waals surface area contributed by atoms with Gasteiger partial charge in [-0.15, -0.1) is 0 Å². The van der Waals surface area contributed by atoms with Crippen molar-refractivity contribution in [2.75, 3.05) is 0 Å². The third kappa shape index (κ3) is 3.03. The summed E-state index contributed by atoms with van der Waals surface area (Å²) in [6.07, 6.45) is 0. The molecule has 0 saturated heterocycles. The number of carbonyl (C=O) groups is 2. The van der Waals surface area contributed by atoms with Gasteiger partial charge in [-0.3, -0.25) is 4.79 Å². The highest BCUT2D eigenvalue weighted by Gasteiger charge is 2.26. The highest BCUT2D eigenvalue weighted by Crippen LogP contribution is 2.13. The lowest BCUT2D eigenvalue weighted by Gasteiger charge is -2.18. The van der Waals surface area contributed by atoms with Crippen LogP contribution in [0, 0.1) is 17.6 Å². The molecule has 6 heteroatoms. The van der Waals surface area contributed by atoms with E-state index >= 15 is 0 Å². The third-order valence-electron chi connectivity index (χ3n) is 2.41. The highest BCUT2D eigenvalue weighted by atomic mass is 19.1. The molecule has 1 aromatic rings. The number of rotatable bonds is 4. The van der Waals surface area contributed by atoms with E-state index in [0.717, 1.165) is 18.2 Å². The first-order valence-corrected chi connectivity index (χ1v) is 5.32. The Labute approximate surface area is 103 Å². The number of aliphatic carboxylic acids is 1. The van der Waals surface area contributed by atoms with Crippen LogP contribution in [-0.2, 0) is 4.79 Å². The van der Waals surface area contributed by atoms with Gasteiger partial charge in [0.1, 0.15) is 23.2 Å². The Morgan fingerprint density at radius 3 is 2.11 bits per heavy atom. The van der Waals surface area contributed by atoms with Gasteiger partial charge in [0.15, 0.2) is 0 Å². The second kappa shape index (κ2) is 5.57. The van der Waals surface area contributed by atoms with Crippen molar-refractivity contribution in [3.05, 3.63) is 35.4 Å². The number of carboxylic acid groups (broad SMARTS) is 1. The highest BCUT2D eigenvalue weighted by molar-refractivity contribution is 5.97. The van der Waals surface area contributed by atoms with Crippen molar-refractivity contribution in [1.82, 2.24) is 5.32 Å². The zero-order chi connectivity index (χ0) is 13.9. The molecule has 0 saturated carbocycles. The van der Waals surface area contributed by atoms with Crippen LogP contribution in [0.15, 0.2) is 18.2 Å². The molecule has 0 spiro atoms. The maximum absolute atomic E-state index is 13.3. The van der Waals surface area contributed by atoms with Crippen LogP contribution in [-0.4, -0.2) is 23.0 Å². The normalized spacial score (nSPS) is 12.3. The van der Waals surface area contributed by atoms with E-state index in [4.69, 9.17) is 5.11 Å². The molecule has 2 N–H and O–H groups in total. The molecule has 0 radical (unpaired) electrons. The Bertz CT molecular complexity index is 454. The summed E-state index contributed by atoms with van der Waals surface area (Å²) in [7, 11) is 0.